The molecular weight excluding hydrogens is 162 g/mol. The van der Waals surface area contributed by atoms with Crippen molar-refractivity contribution in [2.45, 2.75) is 0 Å². The zero-order chi connectivity index (χ0) is 9.26. The highest BCUT2D eigenvalue weighted by Crippen LogP contribution is 2.14. The third-order valence-electron chi connectivity index (χ3n) is 2.02. The number of allylic oxidation sites excluding steroid dienone is 1. The molecule has 1 aromatic carbocycles. The van der Waals surface area contributed by atoms with Crippen molar-refractivity contribution in [3.63, 3.8) is 0 Å². The van der Waals surface area contributed by atoms with Gasteiger partial charge in [0, 0.05) is 22.7 Å². The summed E-state index contributed by atoms with van der Waals surface area (Å²) in [5.74, 6) is -0.0388. The quantitative estimate of drug-likeness (QED) is 0.546. The minimum atomic E-state index is -0.0388. The van der Waals surface area contributed by atoms with Gasteiger partial charge in [0.2, 0.25) is 0 Å². The summed E-state index contributed by atoms with van der Waals surface area (Å²) in [5, 5.41) is 1.05. The molecule has 0 saturated carbocycles. The summed E-state index contributed by atoms with van der Waals surface area (Å²) >= 11 is 0. The number of carbonyl (C=O) groups excluding carboxylic acids is 1. The summed E-state index contributed by atoms with van der Waals surface area (Å²) in [4.78, 5) is 14.3. The average Bonchev–Trinajstić information content (AvgIpc) is 2.63. The van der Waals surface area contributed by atoms with E-state index in [4.69, 9.17) is 0 Å². The van der Waals surface area contributed by atoms with E-state index in [1.165, 1.54) is 6.08 Å². The van der Waals surface area contributed by atoms with Crippen LogP contribution in [0.25, 0.3) is 10.9 Å². The fraction of sp³-hybridized carbons (Fsp3) is 0. The lowest BCUT2D eigenvalue weighted by Gasteiger charge is -1.95. The summed E-state index contributed by atoms with van der Waals surface area (Å²) in [6.45, 7) is 3.45. The normalized spacial score (nSPS) is 10.2. The molecule has 2 rings (SSSR count). The average molecular weight is 171 g/mol. The van der Waals surface area contributed by atoms with Gasteiger partial charge in [0.25, 0.3) is 0 Å². The van der Waals surface area contributed by atoms with Gasteiger partial charge in [-0.05, 0) is 30.3 Å². The number of fused-ring (bicyclic) bond motifs is 1. The van der Waals surface area contributed by atoms with Crippen LogP contribution in [-0.2, 0) is 0 Å². The maximum absolute atomic E-state index is 11.3. The van der Waals surface area contributed by atoms with Gasteiger partial charge >= 0.3 is 0 Å². The molecule has 0 aliphatic heterocycles. The zero-order valence-corrected chi connectivity index (χ0v) is 7.08. The van der Waals surface area contributed by atoms with E-state index in [0.717, 1.165) is 10.9 Å². The van der Waals surface area contributed by atoms with Gasteiger partial charge < -0.3 is 4.98 Å². The zero-order valence-electron chi connectivity index (χ0n) is 7.08. The molecule has 0 aliphatic carbocycles. The van der Waals surface area contributed by atoms with Crippen LogP contribution in [0.5, 0.6) is 0 Å². The number of rotatable bonds is 2. The van der Waals surface area contributed by atoms with Crippen molar-refractivity contribution >= 4 is 16.7 Å². The highest BCUT2D eigenvalue weighted by Gasteiger charge is 2.01. The molecular formula is C11H9NO. The Labute approximate surface area is 75.9 Å². The summed E-state index contributed by atoms with van der Waals surface area (Å²) in [6, 6.07) is 7.49. The van der Waals surface area contributed by atoms with Gasteiger partial charge in [-0.25, -0.2) is 0 Å². The van der Waals surface area contributed by atoms with E-state index in [0.29, 0.717) is 5.56 Å². The molecule has 1 aromatic heterocycles. The van der Waals surface area contributed by atoms with E-state index in [9.17, 15) is 4.79 Å². The van der Waals surface area contributed by atoms with Crippen molar-refractivity contribution < 1.29 is 4.79 Å². The largest absolute Gasteiger partial charge is 0.361 e. The molecule has 0 bridgehead atoms. The highest BCUT2D eigenvalue weighted by molar-refractivity contribution is 6.06. The van der Waals surface area contributed by atoms with Crippen LogP contribution in [-0.4, -0.2) is 10.8 Å². The Bertz CT molecular complexity index is 468. The molecule has 0 amide bonds. The van der Waals surface area contributed by atoms with Crippen LogP contribution in [0.15, 0.2) is 43.1 Å². The second-order valence-electron chi connectivity index (χ2n) is 2.85. The second kappa shape index (κ2) is 2.90. The molecule has 1 N–H and O–H groups in total. The van der Waals surface area contributed by atoms with E-state index in [1.807, 2.05) is 24.4 Å². The van der Waals surface area contributed by atoms with Gasteiger partial charge in [-0.15, -0.1) is 0 Å². The molecule has 64 valence electrons. The number of benzene rings is 1. The molecule has 1 heterocycles. The van der Waals surface area contributed by atoms with E-state index in [2.05, 4.69) is 11.6 Å². The number of aromatic amines is 1. The van der Waals surface area contributed by atoms with Crippen LogP contribution >= 0.6 is 0 Å². The van der Waals surface area contributed by atoms with E-state index < -0.39 is 0 Å². The Balaban J connectivity index is 2.60. The minimum absolute atomic E-state index is 0.0388. The topological polar surface area (TPSA) is 32.9 Å². The third kappa shape index (κ3) is 1.26. The SMILES string of the molecule is C=CC(=O)c1ccc2[nH]ccc2c1. The monoisotopic (exact) mass is 171 g/mol. The number of nitrogens with one attached hydrogen (secondary N) is 1. The number of carbonyl (C=O) groups is 1. The maximum Gasteiger partial charge on any atom is 0.185 e. The lowest BCUT2D eigenvalue weighted by Crippen LogP contribution is -1.92. The molecule has 2 nitrogen and oxygen atoms in total. The first kappa shape index (κ1) is 7.80. The molecule has 0 aliphatic rings. The van der Waals surface area contributed by atoms with Gasteiger partial charge in [-0.3, -0.25) is 4.79 Å². The molecule has 0 atom stereocenters. The molecule has 0 unspecified atom stereocenters. The van der Waals surface area contributed by atoms with Crippen LogP contribution < -0.4 is 0 Å². The van der Waals surface area contributed by atoms with Crippen molar-refractivity contribution in [3.8, 4) is 0 Å². The van der Waals surface area contributed by atoms with Crippen molar-refractivity contribution in [1.29, 1.82) is 0 Å². The summed E-state index contributed by atoms with van der Waals surface area (Å²) < 4.78 is 0. The van der Waals surface area contributed by atoms with Crippen LogP contribution in [0.4, 0.5) is 0 Å². The second-order valence-corrected chi connectivity index (χ2v) is 2.85. The smallest absolute Gasteiger partial charge is 0.185 e. The van der Waals surface area contributed by atoms with Gasteiger partial charge in [-0.2, -0.15) is 0 Å². The summed E-state index contributed by atoms with van der Waals surface area (Å²) in [7, 11) is 0. The molecule has 0 saturated heterocycles. The van der Waals surface area contributed by atoms with Gasteiger partial charge in [0.1, 0.15) is 0 Å². The Morgan fingerprint density at radius 1 is 1.38 bits per heavy atom. The summed E-state index contributed by atoms with van der Waals surface area (Å²) in [5.41, 5.74) is 1.72. The van der Waals surface area contributed by atoms with E-state index in [1.54, 1.807) is 6.07 Å². The first-order chi connectivity index (χ1) is 6.31. The van der Waals surface area contributed by atoms with Crippen LogP contribution in [0, 0.1) is 0 Å². The van der Waals surface area contributed by atoms with Crippen molar-refractivity contribution in [1.82, 2.24) is 4.98 Å². The van der Waals surface area contributed by atoms with Crippen molar-refractivity contribution in [2.75, 3.05) is 0 Å². The van der Waals surface area contributed by atoms with Crippen LogP contribution in [0.1, 0.15) is 10.4 Å². The van der Waals surface area contributed by atoms with E-state index in [-0.39, 0.29) is 5.78 Å². The van der Waals surface area contributed by atoms with Gasteiger partial charge in [-0.1, -0.05) is 6.58 Å². The predicted octanol–water partition coefficient (Wildman–Crippen LogP) is 2.54. The summed E-state index contributed by atoms with van der Waals surface area (Å²) in [6.07, 6.45) is 3.18. The number of aromatic nitrogens is 1. The molecule has 0 radical (unpaired) electrons. The first-order valence-corrected chi connectivity index (χ1v) is 4.05. The van der Waals surface area contributed by atoms with Crippen molar-refractivity contribution in [3.05, 3.63) is 48.7 Å². The number of hydrogen-bond donors (Lipinski definition) is 1. The standard InChI is InChI=1S/C11H9NO/c1-2-11(13)9-3-4-10-8(7-9)5-6-12-10/h2-7,12H,1H2. The molecule has 2 heteroatoms. The Morgan fingerprint density at radius 2 is 2.23 bits per heavy atom. The third-order valence-corrected chi connectivity index (χ3v) is 2.02. The number of H-pyrrole nitrogens is 1. The first-order valence-electron chi connectivity index (χ1n) is 4.05. The fourth-order valence-electron chi connectivity index (χ4n) is 1.32. The molecule has 13 heavy (non-hydrogen) atoms. The van der Waals surface area contributed by atoms with Crippen LogP contribution in [0.2, 0.25) is 0 Å². The Kier molecular flexibility index (Phi) is 1.74. The predicted molar refractivity (Wildman–Crippen MR) is 52.8 cm³/mol. The van der Waals surface area contributed by atoms with Gasteiger partial charge in [0.05, 0.1) is 0 Å². The fourth-order valence-corrected chi connectivity index (χ4v) is 1.32. The van der Waals surface area contributed by atoms with Crippen molar-refractivity contribution in [2.24, 2.45) is 0 Å². The lowest BCUT2D eigenvalue weighted by molar-refractivity contribution is 0.104. The molecule has 2 aromatic rings. The minimum Gasteiger partial charge on any atom is -0.361 e. The molecule has 0 fully saturated rings. The van der Waals surface area contributed by atoms with Gasteiger partial charge in [0.15, 0.2) is 5.78 Å². The van der Waals surface area contributed by atoms with Crippen LogP contribution in [0.3, 0.4) is 0 Å². The Morgan fingerprint density at radius 3 is 3.00 bits per heavy atom. The maximum atomic E-state index is 11.3. The lowest BCUT2D eigenvalue weighted by atomic mass is 10.1. The number of hydrogen-bond acceptors (Lipinski definition) is 1. The number of ketones is 1. The molecule has 0 spiro atoms. The highest BCUT2D eigenvalue weighted by atomic mass is 16.1. The Hall–Kier alpha value is -1.83. The van der Waals surface area contributed by atoms with E-state index >= 15 is 0 Å².